The number of likely N-dealkylation sites (tertiary alicyclic amines) is 1. The molecular weight excluding hydrogens is 335 g/mol. The normalized spacial score (nSPS) is 19.8. The van der Waals surface area contributed by atoms with Crippen molar-refractivity contribution in [2.75, 3.05) is 20.1 Å². The molecule has 1 amide bonds. The van der Waals surface area contributed by atoms with Gasteiger partial charge in [-0.2, -0.15) is 0 Å². The van der Waals surface area contributed by atoms with Crippen molar-refractivity contribution in [1.29, 1.82) is 0 Å². The van der Waals surface area contributed by atoms with E-state index in [-0.39, 0.29) is 23.0 Å². The van der Waals surface area contributed by atoms with E-state index in [4.69, 9.17) is 16.7 Å². The maximum atomic E-state index is 13.9. The molecule has 7 heteroatoms. The van der Waals surface area contributed by atoms with Crippen LogP contribution in [0.2, 0.25) is 5.02 Å². The van der Waals surface area contributed by atoms with Crippen molar-refractivity contribution in [1.82, 2.24) is 9.80 Å². The van der Waals surface area contributed by atoms with Gasteiger partial charge < -0.3 is 10.0 Å². The summed E-state index contributed by atoms with van der Waals surface area (Å²) in [6.07, 6.45) is 1.38. The van der Waals surface area contributed by atoms with Crippen molar-refractivity contribution in [2.45, 2.75) is 32.4 Å². The molecule has 132 valence electrons. The first-order valence-corrected chi connectivity index (χ1v) is 8.33. The molecule has 24 heavy (non-hydrogen) atoms. The van der Waals surface area contributed by atoms with Crippen LogP contribution in [0.5, 0.6) is 0 Å². The van der Waals surface area contributed by atoms with Crippen LogP contribution in [0, 0.1) is 11.7 Å². The Morgan fingerprint density at radius 1 is 1.50 bits per heavy atom. The van der Waals surface area contributed by atoms with Gasteiger partial charge in [0, 0.05) is 30.7 Å². The van der Waals surface area contributed by atoms with E-state index in [1.54, 1.807) is 20.0 Å². The molecule has 1 aliphatic heterocycles. The van der Waals surface area contributed by atoms with Crippen molar-refractivity contribution >= 4 is 23.5 Å². The Labute approximate surface area is 146 Å². The summed E-state index contributed by atoms with van der Waals surface area (Å²) in [5.41, 5.74) is 0.282. The average molecular weight is 357 g/mol. The van der Waals surface area contributed by atoms with Gasteiger partial charge in [-0.3, -0.25) is 14.5 Å². The lowest BCUT2D eigenvalue weighted by Gasteiger charge is -2.36. The van der Waals surface area contributed by atoms with Crippen molar-refractivity contribution < 1.29 is 19.1 Å². The number of nitrogens with zero attached hydrogens (tertiary/aromatic N) is 2. The van der Waals surface area contributed by atoms with E-state index in [0.717, 1.165) is 6.42 Å². The molecule has 0 aliphatic carbocycles. The minimum Gasteiger partial charge on any atom is -0.481 e. The summed E-state index contributed by atoms with van der Waals surface area (Å²) in [5, 5.41) is 9.45. The minimum absolute atomic E-state index is 0.0743. The number of carbonyl (C=O) groups excluding carboxylic acids is 1. The maximum Gasteiger partial charge on any atom is 0.307 e. The molecule has 5 nitrogen and oxygen atoms in total. The molecule has 2 rings (SSSR count). The first-order valence-electron chi connectivity index (χ1n) is 7.96. The van der Waals surface area contributed by atoms with E-state index < -0.39 is 23.7 Å². The van der Waals surface area contributed by atoms with Crippen LogP contribution in [0.15, 0.2) is 18.2 Å². The highest BCUT2D eigenvalue weighted by atomic mass is 35.5. The van der Waals surface area contributed by atoms with Crippen molar-refractivity contribution in [3.05, 3.63) is 34.6 Å². The van der Waals surface area contributed by atoms with Crippen LogP contribution in [0.1, 0.15) is 25.3 Å². The number of carboxylic acids is 1. The summed E-state index contributed by atoms with van der Waals surface area (Å²) in [7, 11) is 1.60. The molecule has 0 aromatic heterocycles. The largest absolute Gasteiger partial charge is 0.481 e. The van der Waals surface area contributed by atoms with Crippen LogP contribution < -0.4 is 0 Å². The van der Waals surface area contributed by atoms with Crippen LogP contribution >= 0.6 is 11.6 Å². The van der Waals surface area contributed by atoms with Gasteiger partial charge in [0.1, 0.15) is 5.82 Å². The molecule has 0 spiro atoms. The third-order valence-corrected chi connectivity index (χ3v) is 4.89. The van der Waals surface area contributed by atoms with Crippen LogP contribution in [-0.2, 0) is 16.1 Å². The van der Waals surface area contributed by atoms with Crippen LogP contribution in [0.4, 0.5) is 4.39 Å². The topological polar surface area (TPSA) is 60.9 Å². The van der Waals surface area contributed by atoms with Gasteiger partial charge in [0.15, 0.2) is 0 Å². The monoisotopic (exact) mass is 356 g/mol. The third-order valence-electron chi connectivity index (χ3n) is 4.54. The number of halogens is 2. The smallest absolute Gasteiger partial charge is 0.307 e. The van der Waals surface area contributed by atoms with Gasteiger partial charge in [0.2, 0.25) is 5.91 Å². The summed E-state index contributed by atoms with van der Waals surface area (Å²) in [4.78, 5) is 27.1. The average Bonchev–Trinajstić information content (AvgIpc) is 2.56. The predicted octanol–water partition coefficient (Wildman–Crippen LogP) is 2.62. The van der Waals surface area contributed by atoms with Crippen molar-refractivity contribution in [2.24, 2.45) is 5.92 Å². The fourth-order valence-corrected chi connectivity index (χ4v) is 3.26. The standard InChI is InChI=1S/C17H22ClFN2O3/c1-11(21-8-4-5-12(9-21)17(23)24)16(22)20(2)10-13-14(18)6-3-7-15(13)19/h3,6-7,11-12H,4-5,8-10H2,1-2H3,(H,23,24). The van der Waals surface area contributed by atoms with E-state index in [2.05, 4.69) is 0 Å². The Morgan fingerprint density at radius 3 is 2.83 bits per heavy atom. The van der Waals surface area contributed by atoms with Crippen LogP contribution in [-0.4, -0.2) is 53.0 Å². The number of hydrogen-bond donors (Lipinski definition) is 1. The van der Waals surface area contributed by atoms with Crippen molar-refractivity contribution in [3.63, 3.8) is 0 Å². The lowest BCUT2D eigenvalue weighted by Crippen LogP contribution is -2.50. The highest BCUT2D eigenvalue weighted by Crippen LogP contribution is 2.22. The van der Waals surface area contributed by atoms with Gasteiger partial charge in [0.05, 0.1) is 12.0 Å². The Hall–Kier alpha value is -1.66. The predicted molar refractivity (Wildman–Crippen MR) is 89.3 cm³/mol. The van der Waals surface area contributed by atoms with Gasteiger partial charge in [-0.25, -0.2) is 4.39 Å². The van der Waals surface area contributed by atoms with Crippen LogP contribution in [0.3, 0.4) is 0 Å². The van der Waals surface area contributed by atoms with Gasteiger partial charge in [-0.05, 0) is 38.4 Å². The number of benzene rings is 1. The Morgan fingerprint density at radius 2 is 2.21 bits per heavy atom. The molecule has 0 radical (unpaired) electrons. The summed E-state index contributed by atoms with van der Waals surface area (Å²) < 4.78 is 13.9. The Bertz CT molecular complexity index is 606. The van der Waals surface area contributed by atoms with Gasteiger partial charge >= 0.3 is 5.97 Å². The first kappa shape index (κ1) is 18.7. The molecule has 1 aromatic carbocycles. The molecule has 1 N–H and O–H groups in total. The first-order chi connectivity index (χ1) is 11.3. The number of rotatable bonds is 5. The molecule has 2 unspecified atom stereocenters. The number of aliphatic carboxylic acids is 1. The maximum absolute atomic E-state index is 13.9. The molecule has 0 saturated carbocycles. The number of piperidine rings is 1. The Balaban J connectivity index is 2.03. The van der Waals surface area contributed by atoms with E-state index >= 15 is 0 Å². The van der Waals surface area contributed by atoms with Crippen molar-refractivity contribution in [3.8, 4) is 0 Å². The molecule has 1 aromatic rings. The fraction of sp³-hybridized carbons (Fsp3) is 0.529. The van der Waals surface area contributed by atoms with E-state index in [1.165, 1.54) is 17.0 Å². The highest BCUT2D eigenvalue weighted by molar-refractivity contribution is 6.31. The number of hydrogen-bond acceptors (Lipinski definition) is 3. The van der Waals surface area contributed by atoms with Gasteiger partial charge in [-0.15, -0.1) is 0 Å². The zero-order valence-electron chi connectivity index (χ0n) is 13.8. The summed E-state index contributed by atoms with van der Waals surface area (Å²) in [5.74, 6) is -1.90. The van der Waals surface area contributed by atoms with Gasteiger partial charge in [0.25, 0.3) is 0 Å². The summed E-state index contributed by atoms with van der Waals surface area (Å²) in [6.45, 7) is 2.87. The second-order valence-electron chi connectivity index (χ2n) is 6.24. The SMILES string of the molecule is CC(C(=O)N(C)Cc1c(F)cccc1Cl)N1CCCC(C(=O)O)C1. The third kappa shape index (κ3) is 4.24. The second kappa shape index (κ2) is 7.94. The number of carboxylic acid groups (broad SMARTS) is 1. The molecule has 1 saturated heterocycles. The van der Waals surface area contributed by atoms with Gasteiger partial charge in [-0.1, -0.05) is 17.7 Å². The molecule has 0 bridgehead atoms. The number of likely N-dealkylation sites (N-methyl/N-ethyl adjacent to an activating group) is 1. The van der Waals surface area contributed by atoms with E-state index in [1.807, 2.05) is 4.90 Å². The zero-order chi connectivity index (χ0) is 17.9. The fourth-order valence-electron chi connectivity index (χ4n) is 3.03. The van der Waals surface area contributed by atoms with Crippen LogP contribution in [0.25, 0.3) is 0 Å². The molecule has 1 aliphatic rings. The molecule has 1 fully saturated rings. The summed E-state index contributed by atoms with van der Waals surface area (Å²) in [6, 6.07) is 3.96. The lowest BCUT2D eigenvalue weighted by molar-refractivity contribution is -0.146. The highest BCUT2D eigenvalue weighted by Gasteiger charge is 2.32. The van der Waals surface area contributed by atoms with E-state index in [0.29, 0.717) is 19.5 Å². The second-order valence-corrected chi connectivity index (χ2v) is 6.65. The number of carbonyl (C=O) groups is 2. The quantitative estimate of drug-likeness (QED) is 0.881. The minimum atomic E-state index is -0.828. The van der Waals surface area contributed by atoms with E-state index in [9.17, 15) is 14.0 Å². The molecule has 2 atom stereocenters. The summed E-state index contributed by atoms with van der Waals surface area (Å²) >= 11 is 6.01. The number of amides is 1. The molecular formula is C17H22ClFN2O3. The lowest BCUT2D eigenvalue weighted by atomic mass is 9.97. The zero-order valence-corrected chi connectivity index (χ0v) is 14.6. The molecule has 1 heterocycles. The Kier molecular flexibility index (Phi) is 6.18.